The van der Waals surface area contributed by atoms with Crippen LogP contribution in [0.15, 0.2) is 24.5 Å². The number of pyridine rings is 1. The van der Waals surface area contributed by atoms with Crippen molar-refractivity contribution in [3.05, 3.63) is 24.5 Å². The van der Waals surface area contributed by atoms with Crippen LogP contribution in [0, 0.1) is 0 Å². The van der Waals surface area contributed by atoms with Crippen LogP contribution in [0.5, 0.6) is 0 Å². The lowest BCUT2D eigenvalue weighted by Gasteiger charge is -2.20. The number of aromatic nitrogens is 1. The van der Waals surface area contributed by atoms with Crippen LogP contribution in [0.25, 0.3) is 0 Å². The Kier molecular flexibility index (Phi) is 1.96. The minimum atomic E-state index is -0.525. The SMILES string of the molecule is CC1(O)CCN(c2ccncc2)C1. The third-order valence-corrected chi connectivity index (χ3v) is 2.48. The Labute approximate surface area is 78.0 Å². The summed E-state index contributed by atoms with van der Waals surface area (Å²) in [5.74, 6) is 0. The lowest BCUT2D eigenvalue weighted by molar-refractivity contribution is 0.0839. The van der Waals surface area contributed by atoms with Gasteiger partial charge in [-0.1, -0.05) is 0 Å². The van der Waals surface area contributed by atoms with Crippen molar-refractivity contribution in [1.29, 1.82) is 0 Å². The molecule has 0 aliphatic carbocycles. The van der Waals surface area contributed by atoms with Gasteiger partial charge in [-0.15, -0.1) is 0 Å². The Bertz CT molecular complexity index is 284. The van der Waals surface area contributed by atoms with Crippen molar-refractivity contribution in [3.8, 4) is 0 Å². The van der Waals surface area contributed by atoms with Gasteiger partial charge < -0.3 is 10.0 Å². The van der Waals surface area contributed by atoms with E-state index in [1.54, 1.807) is 12.4 Å². The van der Waals surface area contributed by atoms with Crippen LogP contribution in [-0.2, 0) is 0 Å². The van der Waals surface area contributed by atoms with Crippen molar-refractivity contribution in [1.82, 2.24) is 4.98 Å². The molecule has 0 radical (unpaired) electrons. The molecule has 1 aromatic heterocycles. The molecule has 0 aromatic carbocycles. The molecule has 3 heteroatoms. The molecular weight excluding hydrogens is 164 g/mol. The molecule has 1 aromatic rings. The van der Waals surface area contributed by atoms with Crippen molar-refractivity contribution in [2.75, 3.05) is 18.0 Å². The lowest BCUT2D eigenvalue weighted by Crippen LogP contribution is -2.29. The highest BCUT2D eigenvalue weighted by molar-refractivity contribution is 5.46. The van der Waals surface area contributed by atoms with Gasteiger partial charge in [0.15, 0.2) is 0 Å². The number of rotatable bonds is 1. The molecule has 0 saturated carbocycles. The molecule has 13 heavy (non-hydrogen) atoms. The van der Waals surface area contributed by atoms with Crippen LogP contribution in [0.3, 0.4) is 0 Å². The minimum Gasteiger partial charge on any atom is -0.388 e. The quantitative estimate of drug-likeness (QED) is 0.698. The van der Waals surface area contributed by atoms with Crippen LogP contribution in [0.2, 0.25) is 0 Å². The Morgan fingerprint density at radius 3 is 2.69 bits per heavy atom. The van der Waals surface area contributed by atoms with Crippen molar-refractivity contribution in [2.45, 2.75) is 18.9 Å². The zero-order valence-corrected chi connectivity index (χ0v) is 7.77. The van der Waals surface area contributed by atoms with Crippen LogP contribution >= 0.6 is 0 Å². The van der Waals surface area contributed by atoms with Gasteiger partial charge >= 0.3 is 0 Å². The van der Waals surface area contributed by atoms with E-state index in [0.29, 0.717) is 0 Å². The summed E-state index contributed by atoms with van der Waals surface area (Å²) in [6.07, 6.45) is 4.40. The molecule has 1 aliphatic rings. The number of nitrogens with zero attached hydrogens (tertiary/aromatic N) is 2. The van der Waals surface area contributed by atoms with Crippen LogP contribution in [0.4, 0.5) is 5.69 Å². The van der Waals surface area contributed by atoms with Crippen molar-refractivity contribution in [3.63, 3.8) is 0 Å². The monoisotopic (exact) mass is 178 g/mol. The Morgan fingerprint density at radius 2 is 2.15 bits per heavy atom. The van der Waals surface area contributed by atoms with Gasteiger partial charge in [-0.05, 0) is 25.5 Å². The number of hydrogen-bond donors (Lipinski definition) is 1. The second-order valence-corrected chi connectivity index (χ2v) is 3.87. The third kappa shape index (κ3) is 1.80. The Hall–Kier alpha value is -1.09. The molecule has 70 valence electrons. The largest absolute Gasteiger partial charge is 0.388 e. The van der Waals surface area contributed by atoms with E-state index in [1.165, 1.54) is 0 Å². The highest BCUT2D eigenvalue weighted by Gasteiger charge is 2.31. The number of aliphatic hydroxyl groups is 1. The summed E-state index contributed by atoms with van der Waals surface area (Å²) < 4.78 is 0. The molecule has 1 atom stereocenters. The predicted molar refractivity (Wildman–Crippen MR) is 51.7 cm³/mol. The van der Waals surface area contributed by atoms with E-state index in [4.69, 9.17) is 0 Å². The fourth-order valence-electron chi connectivity index (χ4n) is 1.72. The van der Waals surface area contributed by atoms with Gasteiger partial charge in [0.25, 0.3) is 0 Å². The van der Waals surface area contributed by atoms with Crippen molar-refractivity contribution < 1.29 is 5.11 Å². The first-order valence-electron chi connectivity index (χ1n) is 4.55. The van der Waals surface area contributed by atoms with E-state index >= 15 is 0 Å². The highest BCUT2D eigenvalue weighted by Crippen LogP contribution is 2.25. The fourth-order valence-corrected chi connectivity index (χ4v) is 1.72. The number of β-amino-alcohol motifs (C(OH)–C–C–N with tert-alkyl or cyclic N) is 1. The highest BCUT2D eigenvalue weighted by atomic mass is 16.3. The van der Waals surface area contributed by atoms with Crippen LogP contribution in [-0.4, -0.2) is 28.8 Å². The van der Waals surface area contributed by atoms with Gasteiger partial charge in [0.1, 0.15) is 0 Å². The van der Waals surface area contributed by atoms with Crippen molar-refractivity contribution >= 4 is 5.69 Å². The summed E-state index contributed by atoms with van der Waals surface area (Å²) in [5, 5.41) is 9.77. The molecule has 1 saturated heterocycles. The molecule has 0 amide bonds. The summed E-state index contributed by atoms with van der Waals surface area (Å²) >= 11 is 0. The fraction of sp³-hybridized carbons (Fsp3) is 0.500. The smallest absolute Gasteiger partial charge is 0.0810 e. The summed E-state index contributed by atoms with van der Waals surface area (Å²) in [4.78, 5) is 6.15. The maximum atomic E-state index is 9.77. The van der Waals surface area contributed by atoms with E-state index in [2.05, 4.69) is 9.88 Å². The standard InChI is InChI=1S/C10H14N2O/c1-10(13)4-7-12(8-10)9-2-5-11-6-3-9/h2-3,5-6,13H,4,7-8H2,1H3. The zero-order chi connectivity index (χ0) is 9.31. The van der Waals surface area contributed by atoms with E-state index < -0.39 is 5.60 Å². The van der Waals surface area contributed by atoms with Crippen LogP contribution in [0.1, 0.15) is 13.3 Å². The lowest BCUT2D eigenvalue weighted by atomic mass is 10.1. The molecule has 2 heterocycles. The molecule has 1 N–H and O–H groups in total. The first-order valence-corrected chi connectivity index (χ1v) is 4.55. The second-order valence-electron chi connectivity index (χ2n) is 3.87. The predicted octanol–water partition coefficient (Wildman–Crippen LogP) is 1.04. The van der Waals surface area contributed by atoms with Crippen LogP contribution < -0.4 is 4.90 Å². The number of hydrogen-bond acceptors (Lipinski definition) is 3. The van der Waals surface area contributed by atoms with E-state index in [9.17, 15) is 5.11 Å². The third-order valence-electron chi connectivity index (χ3n) is 2.48. The van der Waals surface area contributed by atoms with E-state index in [-0.39, 0.29) is 0 Å². The minimum absolute atomic E-state index is 0.525. The van der Waals surface area contributed by atoms with Gasteiger partial charge in [-0.3, -0.25) is 4.98 Å². The summed E-state index contributed by atoms with van der Waals surface area (Å²) in [6, 6.07) is 3.95. The first-order chi connectivity index (χ1) is 6.17. The van der Waals surface area contributed by atoms with Gasteiger partial charge in [0.05, 0.1) is 5.60 Å². The number of anilines is 1. The molecule has 0 spiro atoms. The molecule has 3 nitrogen and oxygen atoms in total. The average Bonchev–Trinajstić information content (AvgIpc) is 2.48. The van der Waals surface area contributed by atoms with E-state index in [0.717, 1.165) is 25.2 Å². The first kappa shape index (κ1) is 8.51. The van der Waals surface area contributed by atoms with Gasteiger partial charge in [0.2, 0.25) is 0 Å². The molecule has 1 fully saturated rings. The zero-order valence-electron chi connectivity index (χ0n) is 7.77. The second kappa shape index (κ2) is 3.00. The maximum Gasteiger partial charge on any atom is 0.0810 e. The van der Waals surface area contributed by atoms with E-state index in [1.807, 2.05) is 19.1 Å². The Morgan fingerprint density at radius 1 is 1.46 bits per heavy atom. The topological polar surface area (TPSA) is 36.4 Å². The maximum absolute atomic E-state index is 9.77. The van der Waals surface area contributed by atoms with Gasteiger partial charge in [-0.25, -0.2) is 0 Å². The van der Waals surface area contributed by atoms with Gasteiger partial charge in [-0.2, -0.15) is 0 Å². The molecule has 2 rings (SSSR count). The summed E-state index contributed by atoms with van der Waals surface area (Å²) in [7, 11) is 0. The normalized spacial score (nSPS) is 28.0. The summed E-state index contributed by atoms with van der Waals surface area (Å²) in [5.41, 5.74) is 0.622. The molecule has 0 bridgehead atoms. The molecule has 1 unspecified atom stereocenters. The van der Waals surface area contributed by atoms with Crippen molar-refractivity contribution in [2.24, 2.45) is 0 Å². The Balaban J connectivity index is 2.13. The molecular formula is C10H14N2O. The van der Waals surface area contributed by atoms with Gasteiger partial charge in [0, 0.05) is 31.2 Å². The average molecular weight is 178 g/mol. The molecule has 1 aliphatic heterocycles. The summed E-state index contributed by atoms with van der Waals surface area (Å²) in [6.45, 7) is 3.53.